The summed E-state index contributed by atoms with van der Waals surface area (Å²) < 4.78 is 19.0. The molecule has 0 aliphatic heterocycles. The van der Waals surface area contributed by atoms with Gasteiger partial charge in [0.05, 0.1) is 18.6 Å². The van der Waals surface area contributed by atoms with Crippen molar-refractivity contribution < 1.29 is 33.6 Å². The summed E-state index contributed by atoms with van der Waals surface area (Å²) in [4.78, 5) is 23.4. The molecule has 7 heteroatoms. The van der Waals surface area contributed by atoms with Gasteiger partial charge in [-0.05, 0) is 33.6 Å². The van der Waals surface area contributed by atoms with E-state index in [1.807, 2.05) is 0 Å². The molecule has 0 radical (unpaired) electrons. The second kappa shape index (κ2) is 8.19. The zero-order chi connectivity index (χ0) is 15.9. The van der Waals surface area contributed by atoms with Crippen LogP contribution in [0.4, 0.5) is 4.79 Å². The molecular formula is C14H24O7. The molecule has 0 aromatic carbocycles. The minimum absolute atomic E-state index is 0.0105. The zero-order valence-corrected chi connectivity index (χ0v) is 12.8. The number of carbonyl (C=O) groups excluding carboxylic acids is 2. The zero-order valence-electron chi connectivity index (χ0n) is 12.8. The minimum Gasteiger partial charge on any atom is -0.431 e. The van der Waals surface area contributed by atoms with E-state index in [0.717, 1.165) is 19.3 Å². The van der Waals surface area contributed by atoms with Crippen LogP contribution in [0.15, 0.2) is 0 Å². The first-order valence-corrected chi connectivity index (χ1v) is 7.35. The molecule has 1 rings (SSSR count). The first-order valence-electron chi connectivity index (χ1n) is 7.35. The molecule has 1 fully saturated rings. The molecule has 0 aromatic rings. The highest BCUT2D eigenvalue weighted by Crippen LogP contribution is 2.26. The molecule has 1 aliphatic rings. The summed E-state index contributed by atoms with van der Waals surface area (Å²) >= 11 is 0. The van der Waals surface area contributed by atoms with Crippen LogP contribution in [0.1, 0.15) is 52.9 Å². The van der Waals surface area contributed by atoms with E-state index in [4.69, 9.17) is 14.2 Å². The largest absolute Gasteiger partial charge is 0.515 e. The number of aliphatic hydroxyl groups is 1. The summed E-state index contributed by atoms with van der Waals surface area (Å²) in [5, 5.41) is 10.0. The first kappa shape index (κ1) is 17.7. The summed E-state index contributed by atoms with van der Waals surface area (Å²) in [7, 11) is 0. The highest BCUT2D eigenvalue weighted by molar-refractivity contribution is 5.73. The molecule has 122 valence electrons. The van der Waals surface area contributed by atoms with Gasteiger partial charge >= 0.3 is 18.3 Å². The van der Waals surface area contributed by atoms with Crippen molar-refractivity contribution in [3.8, 4) is 0 Å². The fraction of sp³-hybridized carbons (Fsp3) is 0.857. The van der Waals surface area contributed by atoms with Crippen LogP contribution in [-0.2, 0) is 23.7 Å². The fourth-order valence-electron chi connectivity index (χ4n) is 2.13. The third kappa shape index (κ3) is 6.31. The molecule has 0 bridgehead atoms. The summed E-state index contributed by atoms with van der Waals surface area (Å²) in [5.74, 6) is -0.946. The van der Waals surface area contributed by atoms with Crippen molar-refractivity contribution in [1.29, 1.82) is 0 Å². The Morgan fingerprint density at radius 2 is 1.81 bits per heavy atom. The van der Waals surface area contributed by atoms with E-state index < -0.39 is 24.4 Å². The van der Waals surface area contributed by atoms with Gasteiger partial charge in [-0.2, -0.15) is 0 Å². The third-order valence-electron chi connectivity index (χ3n) is 3.04. The van der Waals surface area contributed by atoms with Gasteiger partial charge in [-0.3, -0.25) is 14.6 Å². The Bertz CT molecular complexity index is 349. The fourth-order valence-corrected chi connectivity index (χ4v) is 2.13. The smallest absolute Gasteiger partial charge is 0.431 e. The van der Waals surface area contributed by atoms with E-state index >= 15 is 0 Å². The lowest BCUT2D eigenvalue weighted by Gasteiger charge is -2.28. The molecule has 0 heterocycles. The monoisotopic (exact) mass is 304 g/mol. The van der Waals surface area contributed by atoms with Crippen LogP contribution in [0.5, 0.6) is 0 Å². The van der Waals surface area contributed by atoms with Crippen molar-refractivity contribution in [2.45, 2.75) is 65.1 Å². The van der Waals surface area contributed by atoms with Gasteiger partial charge in [-0.15, -0.1) is 0 Å². The van der Waals surface area contributed by atoms with Crippen LogP contribution < -0.4 is 0 Å². The molecule has 0 saturated heterocycles. The van der Waals surface area contributed by atoms with Gasteiger partial charge in [-0.1, -0.05) is 19.3 Å². The predicted molar refractivity (Wildman–Crippen MR) is 71.9 cm³/mol. The number of ether oxygens (including phenoxy) is 4. The molecule has 0 amide bonds. The predicted octanol–water partition coefficient (Wildman–Crippen LogP) is 2.31. The minimum atomic E-state index is -2.74. The highest BCUT2D eigenvalue weighted by Gasteiger charge is 2.41. The second-order valence-electron chi connectivity index (χ2n) is 5.23. The van der Waals surface area contributed by atoms with Crippen LogP contribution in [0.3, 0.4) is 0 Å². The molecule has 0 aromatic heterocycles. The molecule has 7 nitrogen and oxygen atoms in total. The first-order chi connectivity index (χ1) is 9.86. The maximum absolute atomic E-state index is 12.0. The Hall–Kier alpha value is -1.34. The number of hydrogen-bond acceptors (Lipinski definition) is 7. The van der Waals surface area contributed by atoms with Gasteiger partial charge in [0.25, 0.3) is 0 Å². The molecular weight excluding hydrogens is 280 g/mol. The van der Waals surface area contributed by atoms with E-state index in [1.165, 1.54) is 0 Å². The Morgan fingerprint density at radius 1 is 1.19 bits per heavy atom. The maximum atomic E-state index is 12.0. The van der Waals surface area contributed by atoms with E-state index in [0.29, 0.717) is 12.8 Å². The SMILES string of the molecule is CCOC(O)(OC(=O)OC(C)C)OC(=O)C1CCCCC1. The van der Waals surface area contributed by atoms with Crippen LogP contribution in [0, 0.1) is 5.92 Å². The van der Waals surface area contributed by atoms with Gasteiger partial charge in [0.2, 0.25) is 0 Å². The van der Waals surface area contributed by atoms with Gasteiger partial charge in [0, 0.05) is 0 Å². The Kier molecular flexibility index (Phi) is 6.91. The molecule has 1 N–H and O–H groups in total. The molecule has 1 saturated carbocycles. The maximum Gasteiger partial charge on any atom is 0.515 e. The number of rotatable bonds is 6. The molecule has 1 atom stereocenters. The second-order valence-corrected chi connectivity index (χ2v) is 5.23. The highest BCUT2D eigenvalue weighted by atomic mass is 17.0. The topological polar surface area (TPSA) is 91.3 Å². The standard InChI is InChI=1S/C14H24O7/c1-4-18-14(17,21-13(16)19-10(2)3)20-12(15)11-8-6-5-7-9-11/h10-11,17H,4-9H2,1-3H3. The Morgan fingerprint density at radius 3 is 2.33 bits per heavy atom. The summed E-state index contributed by atoms with van der Waals surface area (Å²) in [5.41, 5.74) is 0. The average Bonchev–Trinajstić information content (AvgIpc) is 2.38. The Balaban J connectivity index is 2.60. The summed E-state index contributed by atoms with van der Waals surface area (Å²) in [6.07, 6.45) is -0.0117. The Labute approximate surface area is 124 Å². The molecule has 1 aliphatic carbocycles. The van der Waals surface area contributed by atoms with Crippen LogP contribution in [0.2, 0.25) is 0 Å². The number of hydrogen-bond donors (Lipinski definition) is 1. The quantitative estimate of drug-likeness (QED) is 0.594. The third-order valence-corrected chi connectivity index (χ3v) is 3.04. The van der Waals surface area contributed by atoms with Gasteiger partial charge in [0.1, 0.15) is 0 Å². The van der Waals surface area contributed by atoms with Crippen LogP contribution in [0.25, 0.3) is 0 Å². The van der Waals surface area contributed by atoms with Crippen molar-refractivity contribution in [2.24, 2.45) is 5.92 Å². The van der Waals surface area contributed by atoms with E-state index in [2.05, 4.69) is 4.74 Å². The average molecular weight is 304 g/mol. The van der Waals surface area contributed by atoms with Crippen molar-refractivity contribution in [3.63, 3.8) is 0 Å². The normalized spacial score (nSPS) is 18.9. The lowest BCUT2D eigenvalue weighted by atomic mass is 9.89. The van der Waals surface area contributed by atoms with Gasteiger partial charge in [0.15, 0.2) is 0 Å². The molecule has 1 unspecified atom stereocenters. The van der Waals surface area contributed by atoms with Crippen molar-refractivity contribution in [3.05, 3.63) is 0 Å². The van der Waals surface area contributed by atoms with Crippen molar-refractivity contribution in [1.82, 2.24) is 0 Å². The van der Waals surface area contributed by atoms with Gasteiger partial charge < -0.3 is 14.2 Å². The molecule has 21 heavy (non-hydrogen) atoms. The van der Waals surface area contributed by atoms with Crippen LogP contribution >= 0.6 is 0 Å². The van der Waals surface area contributed by atoms with Crippen LogP contribution in [-0.4, -0.2) is 36.1 Å². The number of carbonyl (C=O) groups is 2. The van der Waals surface area contributed by atoms with Crippen molar-refractivity contribution >= 4 is 12.1 Å². The van der Waals surface area contributed by atoms with E-state index in [1.54, 1.807) is 20.8 Å². The lowest BCUT2D eigenvalue weighted by Crippen LogP contribution is -2.44. The van der Waals surface area contributed by atoms with E-state index in [-0.39, 0.29) is 12.5 Å². The molecule has 0 spiro atoms. The van der Waals surface area contributed by atoms with E-state index in [9.17, 15) is 14.7 Å². The van der Waals surface area contributed by atoms with Crippen molar-refractivity contribution in [2.75, 3.05) is 6.61 Å². The number of esters is 1. The summed E-state index contributed by atoms with van der Waals surface area (Å²) in [6, 6.07) is 0. The lowest BCUT2D eigenvalue weighted by molar-refractivity contribution is -0.450. The summed E-state index contributed by atoms with van der Waals surface area (Å²) in [6.45, 7) is 4.80. The van der Waals surface area contributed by atoms with Gasteiger partial charge in [-0.25, -0.2) is 4.79 Å².